The van der Waals surface area contributed by atoms with Gasteiger partial charge in [-0.3, -0.25) is 31.3 Å². The highest BCUT2D eigenvalue weighted by Gasteiger charge is 2.28. The highest BCUT2D eigenvalue weighted by Crippen LogP contribution is 2.10. The number of carbonyl (C=O) groups is 2. The minimum absolute atomic E-state index is 0.00457. The van der Waals surface area contributed by atoms with E-state index in [1.165, 1.54) is 6.92 Å². The van der Waals surface area contributed by atoms with Crippen LogP contribution in [0.1, 0.15) is 13.3 Å². The summed E-state index contributed by atoms with van der Waals surface area (Å²) in [4.78, 5) is 24.7. The number of nitrogens with one attached hydrogen (secondary N) is 4. The zero-order valence-corrected chi connectivity index (χ0v) is 13.9. The molecule has 25 heavy (non-hydrogen) atoms. The van der Waals surface area contributed by atoms with E-state index in [0.717, 1.165) is 0 Å². The van der Waals surface area contributed by atoms with Gasteiger partial charge in [0.1, 0.15) is 5.92 Å². The van der Waals surface area contributed by atoms with Crippen molar-refractivity contribution >= 4 is 23.2 Å². The summed E-state index contributed by atoms with van der Waals surface area (Å²) in [6, 6.07) is 18.1. The van der Waals surface area contributed by atoms with Crippen molar-refractivity contribution in [1.82, 2.24) is 10.9 Å². The Morgan fingerprint density at radius 2 is 1.24 bits per heavy atom. The molecule has 7 nitrogen and oxygen atoms in total. The molecular formula is C18H22N4O3. The second kappa shape index (κ2) is 9.29. The fourth-order valence-corrected chi connectivity index (χ4v) is 2.16. The van der Waals surface area contributed by atoms with E-state index in [1.807, 2.05) is 36.4 Å². The van der Waals surface area contributed by atoms with Gasteiger partial charge >= 0.3 is 0 Å². The van der Waals surface area contributed by atoms with Gasteiger partial charge in [-0.15, -0.1) is 0 Å². The van der Waals surface area contributed by atoms with Crippen molar-refractivity contribution in [3.05, 3.63) is 60.7 Å². The summed E-state index contributed by atoms with van der Waals surface area (Å²) >= 11 is 0. The van der Waals surface area contributed by atoms with E-state index in [1.54, 1.807) is 24.3 Å². The van der Waals surface area contributed by atoms with E-state index in [-0.39, 0.29) is 6.42 Å². The van der Waals surface area contributed by atoms with Crippen LogP contribution in [0.3, 0.4) is 0 Å². The minimum Gasteiger partial charge on any atom is -0.393 e. The van der Waals surface area contributed by atoms with Crippen LogP contribution in [0.2, 0.25) is 0 Å². The molecule has 2 aromatic carbocycles. The molecule has 0 aliphatic carbocycles. The molecule has 0 aromatic heterocycles. The molecule has 2 aromatic rings. The average molecular weight is 342 g/mol. The monoisotopic (exact) mass is 342 g/mol. The van der Waals surface area contributed by atoms with Crippen LogP contribution in [0.15, 0.2) is 60.7 Å². The minimum atomic E-state index is -1.05. The molecule has 0 bridgehead atoms. The quantitative estimate of drug-likeness (QED) is 0.371. The van der Waals surface area contributed by atoms with Gasteiger partial charge in [-0.1, -0.05) is 36.4 Å². The summed E-state index contributed by atoms with van der Waals surface area (Å²) in [5.74, 6) is -2.11. The Kier molecular flexibility index (Phi) is 6.79. The second-order valence-electron chi connectivity index (χ2n) is 5.60. The molecule has 0 saturated heterocycles. The number of carbonyl (C=O) groups excluding carboxylic acids is 2. The number of anilines is 2. The Morgan fingerprint density at radius 1 is 0.840 bits per heavy atom. The first kappa shape index (κ1) is 18.3. The van der Waals surface area contributed by atoms with Gasteiger partial charge in [-0.05, 0) is 37.6 Å². The summed E-state index contributed by atoms with van der Waals surface area (Å²) in [5.41, 5.74) is 11.9. The van der Waals surface area contributed by atoms with Crippen LogP contribution in [0.25, 0.3) is 0 Å². The summed E-state index contributed by atoms with van der Waals surface area (Å²) < 4.78 is 0. The van der Waals surface area contributed by atoms with Crippen LogP contribution >= 0.6 is 0 Å². The molecule has 7 heteroatoms. The Labute approximate surface area is 146 Å². The van der Waals surface area contributed by atoms with Crippen molar-refractivity contribution in [3.8, 4) is 0 Å². The van der Waals surface area contributed by atoms with Gasteiger partial charge in [-0.25, -0.2) is 0 Å². The zero-order valence-electron chi connectivity index (χ0n) is 13.9. The first-order valence-electron chi connectivity index (χ1n) is 7.96. The predicted octanol–water partition coefficient (Wildman–Crippen LogP) is 1.66. The lowest BCUT2D eigenvalue weighted by Crippen LogP contribution is -2.45. The number of aliphatic hydroxyl groups is 1. The molecule has 132 valence electrons. The lowest BCUT2D eigenvalue weighted by atomic mass is 10.0. The number of amides is 2. The second-order valence-corrected chi connectivity index (χ2v) is 5.60. The van der Waals surface area contributed by atoms with E-state index < -0.39 is 23.8 Å². The molecule has 0 saturated carbocycles. The third-order valence-corrected chi connectivity index (χ3v) is 3.42. The van der Waals surface area contributed by atoms with Gasteiger partial charge in [0.15, 0.2) is 0 Å². The topological polar surface area (TPSA) is 102 Å². The van der Waals surface area contributed by atoms with Gasteiger partial charge in [0, 0.05) is 0 Å². The van der Waals surface area contributed by atoms with Gasteiger partial charge in [0.05, 0.1) is 17.5 Å². The number of hydrazine groups is 2. The van der Waals surface area contributed by atoms with Crippen molar-refractivity contribution in [3.63, 3.8) is 0 Å². The van der Waals surface area contributed by atoms with Gasteiger partial charge in [-0.2, -0.15) is 0 Å². The molecule has 0 spiro atoms. The van der Waals surface area contributed by atoms with Crippen molar-refractivity contribution < 1.29 is 14.7 Å². The van der Waals surface area contributed by atoms with Gasteiger partial charge in [0.2, 0.25) is 0 Å². The average Bonchev–Trinajstić information content (AvgIpc) is 2.64. The van der Waals surface area contributed by atoms with Gasteiger partial charge < -0.3 is 5.11 Å². The first-order chi connectivity index (χ1) is 12.1. The number of aliphatic hydroxyl groups excluding tert-OH is 1. The first-order valence-corrected chi connectivity index (χ1v) is 7.96. The number of hydrogen-bond donors (Lipinski definition) is 5. The molecule has 2 amide bonds. The molecule has 5 N–H and O–H groups in total. The Bertz CT molecular complexity index is 622. The molecule has 0 heterocycles. The third kappa shape index (κ3) is 6.15. The highest BCUT2D eigenvalue weighted by molar-refractivity contribution is 6.01. The van der Waals surface area contributed by atoms with Crippen molar-refractivity contribution in [2.24, 2.45) is 5.92 Å². The lowest BCUT2D eigenvalue weighted by molar-refractivity contribution is -0.136. The van der Waals surface area contributed by atoms with Crippen LogP contribution in [-0.4, -0.2) is 23.0 Å². The molecular weight excluding hydrogens is 320 g/mol. The molecule has 1 atom stereocenters. The highest BCUT2D eigenvalue weighted by atomic mass is 16.3. The van der Waals surface area contributed by atoms with Crippen LogP contribution < -0.4 is 21.7 Å². The molecule has 0 aliphatic heterocycles. The number of para-hydroxylation sites is 2. The molecule has 2 rings (SSSR count). The van der Waals surface area contributed by atoms with E-state index >= 15 is 0 Å². The molecule has 0 aliphatic rings. The van der Waals surface area contributed by atoms with Crippen LogP contribution in [0, 0.1) is 5.92 Å². The number of hydrogen-bond acceptors (Lipinski definition) is 5. The maximum Gasteiger partial charge on any atom is 0.251 e. The fourth-order valence-electron chi connectivity index (χ4n) is 2.16. The van der Waals surface area contributed by atoms with Crippen molar-refractivity contribution in [2.75, 3.05) is 10.9 Å². The van der Waals surface area contributed by atoms with E-state index in [2.05, 4.69) is 21.7 Å². The largest absolute Gasteiger partial charge is 0.393 e. The summed E-state index contributed by atoms with van der Waals surface area (Å²) in [6.07, 6.45) is -0.792. The fraction of sp³-hybridized carbons (Fsp3) is 0.222. The Balaban J connectivity index is 1.93. The Hall–Kier alpha value is -3.06. The number of rotatable bonds is 8. The Morgan fingerprint density at radius 3 is 1.60 bits per heavy atom. The summed E-state index contributed by atoms with van der Waals surface area (Å²) in [7, 11) is 0. The van der Waals surface area contributed by atoms with Crippen LogP contribution in [0.4, 0.5) is 11.4 Å². The maximum atomic E-state index is 12.3. The number of benzene rings is 2. The van der Waals surface area contributed by atoms with Gasteiger partial charge in [0.25, 0.3) is 11.8 Å². The smallest absolute Gasteiger partial charge is 0.251 e. The van der Waals surface area contributed by atoms with Crippen LogP contribution in [0.5, 0.6) is 0 Å². The summed E-state index contributed by atoms with van der Waals surface area (Å²) in [5, 5.41) is 9.59. The summed E-state index contributed by atoms with van der Waals surface area (Å²) in [6.45, 7) is 1.53. The SMILES string of the molecule is C[C@@H](O)CC(C(=O)NNc1ccccc1)C(=O)NNc1ccccc1. The lowest BCUT2D eigenvalue weighted by Gasteiger charge is -2.19. The van der Waals surface area contributed by atoms with E-state index in [4.69, 9.17) is 0 Å². The zero-order chi connectivity index (χ0) is 18.1. The molecule has 0 radical (unpaired) electrons. The van der Waals surface area contributed by atoms with E-state index in [0.29, 0.717) is 11.4 Å². The normalized spacial score (nSPS) is 11.5. The maximum absolute atomic E-state index is 12.3. The predicted molar refractivity (Wildman–Crippen MR) is 96.2 cm³/mol. The van der Waals surface area contributed by atoms with Crippen molar-refractivity contribution in [2.45, 2.75) is 19.4 Å². The van der Waals surface area contributed by atoms with Crippen LogP contribution in [-0.2, 0) is 9.59 Å². The molecule has 0 fully saturated rings. The third-order valence-electron chi connectivity index (χ3n) is 3.42. The van der Waals surface area contributed by atoms with Crippen molar-refractivity contribution in [1.29, 1.82) is 0 Å². The molecule has 0 unspecified atom stereocenters. The van der Waals surface area contributed by atoms with E-state index in [9.17, 15) is 14.7 Å². The standard InChI is InChI=1S/C18H22N4O3/c1-13(23)12-16(17(24)21-19-14-8-4-2-5-9-14)18(25)22-20-15-10-6-3-7-11-15/h2-11,13,16,19-20,23H,12H2,1H3,(H,21,24)(H,22,25)/t13-/m1/s1.